The van der Waals surface area contributed by atoms with Crippen LogP contribution in [0.5, 0.6) is 0 Å². The van der Waals surface area contributed by atoms with Crippen LogP contribution in [0.4, 0.5) is 5.69 Å². The molecular weight excluding hydrogens is 254 g/mol. The van der Waals surface area contributed by atoms with E-state index >= 15 is 0 Å². The highest BCUT2D eigenvalue weighted by molar-refractivity contribution is 5.95. The summed E-state index contributed by atoms with van der Waals surface area (Å²) in [6.45, 7) is 5.80. The highest BCUT2D eigenvalue weighted by Crippen LogP contribution is 2.19. The Morgan fingerprint density at radius 3 is 2.25 bits per heavy atom. The van der Waals surface area contributed by atoms with Crippen LogP contribution in [-0.2, 0) is 4.79 Å². The lowest BCUT2D eigenvalue weighted by Crippen LogP contribution is -2.45. The van der Waals surface area contributed by atoms with Crippen molar-refractivity contribution in [2.24, 2.45) is 11.1 Å². The normalized spacial score (nSPS) is 13.0. The maximum absolute atomic E-state index is 12.0. The van der Waals surface area contributed by atoms with E-state index in [-0.39, 0.29) is 11.3 Å². The summed E-state index contributed by atoms with van der Waals surface area (Å²) >= 11 is 0. The molecule has 0 aliphatic carbocycles. The van der Waals surface area contributed by atoms with E-state index in [1.807, 2.05) is 32.9 Å². The van der Waals surface area contributed by atoms with E-state index in [9.17, 15) is 4.79 Å². The van der Waals surface area contributed by atoms with Gasteiger partial charge in [0, 0.05) is 5.69 Å². The maximum Gasteiger partial charge on any atom is 0.241 e. The Balaban J connectivity index is 2.06. The van der Waals surface area contributed by atoms with Crippen LogP contribution in [0.15, 0.2) is 36.7 Å². The minimum absolute atomic E-state index is 0.192. The molecule has 0 fully saturated rings. The summed E-state index contributed by atoms with van der Waals surface area (Å²) in [7, 11) is 0. The SMILES string of the molecule is CC(C)(C)C(N)C(=O)Nc1ccc(-n2nccn2)cc1. The minimum Gasteiger partial charge on any atom is -0.325 e. The highest BCUT2D eigenvalue weighted by atomic mass is 16.2. The fraction of sp³-hybridized carbons (Fsp3) is 0.357. The van der Waals surface area contributed by atoms with Gasteiger partial charge in [-0.3, -0.25) is 4.79 Å². The van der Waals surface area contributed by atoms with Gasteiger partial charge in [0.2, 0.25) is 5.91 Å². The van der Waals surface area contributed by atoms with Crippen molar-refractivity contribution in [2.45, 2.75) is 26.8 Å². The van der Waals surface area contributed by atoms with Gasteiger partial charge in [0.25, 0.3) is 0 Å². The molecule has 1 amide bonds. The van der Waals surface area contributed by atoms with E-state index in [4.69, 9.17) is 5.73 Å². The fourth-order valence-electron chi connectivity index (χ4n) is 1.64. The summed E-state index contributed by atoms with van der Waals surface area (Å²) in [5, 5.41) is 10.9. The number of hydrogen-bond donors (Lipinski definition) is 2. The fourth-order valence-corrected chi connectivity index (χ4v) is 1.64. The monoisotopic (exact) mass is 273 g/mol. The lowest BCUT2D eigenvalue weighted by atomic mass is 9.87. The second-order valence-corrected chi connectivity index (χ2v) is 5.70. The Hall–Kier alpha value is -2.21. The van der Waals surface area contributed by atoms with Crippen LogP contribution in [0, 0.1) is 5.41 Å². The predicted octanol–water partition coefficient (Wildman–Crippen LogP) is 1.58. The van der Waals surface area contributed by atoms with Crippen molar-refractivity contribution in [1.29, 1.82) is 0 Å². The third-order valence-corrected chi connectivity index (χ3v) is 3.00. The molecule has 0 saturated heterocycles. The zero-order valence-electron chi connectivity index (χ0n) is 11.9. The minimum atomic E-state index is -0.560. The van der Waals surface area contributed by atoms with Gasteiger partial charge in [-0.05, 0) is 29.7 Å². The van der Waals surface area contributed by atoms with Gasteiger partial charge in [0.15, 0.2) is 0 Å². The second-order valence-electron chi connectivity index (χ2n) is 5.70. The smallest absolute Gasteiger partial charge is 0.241 e. The number of carbonyl (C=O) groups is 1. The molecular formula is C14H19N5O. The number of benzene rings is 1. The number of anilines is 1. The van der Waals surface area contributed by atoms with E-state index in [1.165, 1.54) is 4.80 Å². The number of nitrogens with two attached hydrogens (primary N) is 1. The first-order valence-corrected chi connectivity index (χ1v) is 6.41. The molecule has 0 spiro atoms. The molecule has 6 heteroatoms. The standard InChI is InChI=1S/C14H19N5O/c1-14(2,3)12(15)13(20)18-10-4-6-11(7-5-10)19-16-8-9-17-19/h4-9,12H,15H2,1-3H3,(H,18,20). The predicted molar refractivity (Wildman–Crippen MR) is 77.4 cm³/mol. The molecule has 2 rings (SSSR count). The number of hydrogen-bond acceptors (Lipinski definition) is 4. The lowest BCUT2D eigenvalue weighted by molar-refractivity contribution is -0.119. The van der Waals surface area contributed by atoms with Crippen molar-refractivity contribution in [3.05, 3.63) is 36.7 Å². The van der Waals surface area contributed by atoms with Crippen LogP contribution in [0.25, 0.3) is 5.69 Å². The molecule has 0 saturated carbocycles. The van der Waals surface area contributed by atoms with Crippen LogP contribution in [0.2, 0.25) is 0 Å². The number of carbonyl (C=O) groups excluding carboxylic acids is 1. The first-order valence-electron chi connectivity index (χ1n) is 6.41. The van der Waals surface area contributed by atoms with Crippen molar-refractivity contribution < 1.29 is 4.79 Å². The number of amides is 1. The molecule has 20 heavy (non-hydrogen) atoms. The Kier molecular flexibility index (Phi) is 3.85. The molecule has 106 valence electrons. The maximum atomic E-state index is 12.0. The van der Waals surface area contributed by atoms with Gasteiger partial charge in [0.05, 0.1) is 24.1 Å². The van der Waals surface area contributed by atoms with E-state index in [2.05, 4.69) is 15.5 Å². The van der Waals surface area contributed by atoms with Crippen LogP contribution < -0.4 is 11.1 Å². The first-order chi connectivity index (χ1) is 9.38. The van der Waals surface area contributed by atoms with Gasteiger partial charge in [-0.25, -0.2) is 0 Å². The van der Waals surface area contributed by atoms with Crippen LogP contribution in [0.1, 0.15) is 20.8 Å². The number of rotatable bonds is 3. The molecule has 1 aromatic heterocycles. The number of nitrogens with zero attached hydrogens (tertiary/aromatic N) is 3. The van der Waals surface area contributed by atoms with Crippen molar-refractivity contribution in [1.82, 2.24) is 15.0 Å². The van der Waals surface area contributed by atoms with Gasteiger partial charge < -0.3 is 11.1 Å². The van der Waals surface area contributed by atoms with E-state index in [1.54, 1.807) is 24.5 Å². The van der Waals surface area contributed by atoms with E-state index in [0.717, 1.165) is 5.69 Å². The van der Waals surface area contributed by atoms with Gasteiger partial charge in [0.1, 0.15) is 0 Å². The largest absolute Gasteiger partial charge is 0.325 e. The third-order valence-electron chi connectivity index (χ3n) is 3.00. The molecule has 0 aliphatic rings. The van der Waals surface area contributed by atoms with Crippen molar-refractivity contribution in [3.8, 4) is 5.69 Å². The highest BCUT2D eigenvalue weighted by Gasteiger charge is 2.27. The Bertz CT molecular complexity index is 569. The van der Waals surface area contributed by atoms with E-state index in [0.29, 0.717) is 5.69 Å². The van der Waals surface area contributed by atoms with Gasteiger partial charge in [-0.1, -0.05) is 20.8 Å². The first kappa shape index (κ1) is 14.2. The zero-order chi connectivity index (χ0) is 14.8. The summed E-state index contributed by atoms with van der Waals surface area (Å²) in [6.07, 6.45) is 3.22. The van der Waals surface area contributed by atoms with Crippen LogP contribution in [0.3, 0.4) is 0 Å². The molecule has 0 aliphatic heterocycles. The van der Waals surface area contributed by atoms with Crippen LogP contribution in [-0.4, -0.2) is 26.9 Å². The van der Waals surface area contributed by atoms with Crippen molar-refractivity contribution in [3.63, 3.8) is 0 Å². The Morgan fingerprint density at radius 2 is 1.75 bits per heavy atom. The molecule has 6 nitrogen and oxygen atoms in total. The molecule has 0 bridgehead atoms. The summed E-state index contributed by atoms with van der Waals surface area (Å²) in [5.74, 6) is -0.192. The lowest BCUT2D eigenvalue weighted by Gasteiger charge is -2.25. The summed E-state index contributed by atoms with van der Waals surface area (Å²) in [6, 6.07) is 6.70. The molecule has 3 N–H and O–H groups in total. The van der Waals surface area contributed by atoms with Gasteiger partial charge in [-0.15, -0.1) is 0 Å². The molecule has 1 heterocycles. The average molecular weight is 273 g/mol. The average Bonchev–Trinajstić information content (AvgIpc) is 2.91. The van der Waals surface area contributed by atoms with Crippen molar-refractivity contribution >= 4 is 11.6 Å². The molecule has 1 atom stereocenters. The van der Waals surface area contributed by atoms with Crippen LogP contribution >= 0.6 is 0 Å². The quantitative estimate of drug-likeness (QED) is 0.889. The topological polar surface area (TPSA) is 85.8 Å². The Morgan fingerprint density at radius 1 is 1.20 bits per heavy atom. The summed E-state index contributed by atoms with van der Waals surface area (Å²) in [4.78, 5) is 13.5. The molecule has 1 unspecified atom stereocenters. The molecule has 2 aromatic rings. The summed E-state index contributed by atoms with van der Waals surface area (Å²) in [5.41, 5.74) is 7.16. The molecule has 0 radical (unpaired) electrons. The number of aromatic nitrogens is 3. The van der Waals surface area contributed by atoms with Gasteiger partial charge in [-0.2, -0.15) is 15.0 Å². The zero-order valence-corrected chi connectivity index (χ0v) is 11.9. The van der Waals surface area contributed by atoms with Gasteiger partial charge >= 0.3 is 0 Å². The summed E-state index contributed by atoms with van der Waals surface area (Å²) < 4.78 is 0. The second kappa shape index (κ2) is 5.42. The third kappa shape index (κ3) is 3.21. The van der Waals surface area contributed by atoms with E-state index < -0.39 is 6.04 Å². The molecule has 1 aromatic carbocycles. The number of nitrogens with one attached hydrogen (secondary N) is 1. The Labute approximate surface area is 118 Å². The van der Waals surface area contributed by atoms with Crippen molar-refractivity contribution in [2.75, 3.05) is 5.32 Å².